The summed E-state index contributed by atoms with van der Waals surface area (Å²) in [6.07, 6.45) is 5.37. The van der Waals surface area contributed by atoms with Crippen LogP contribution in [0.25, 0.3) is 0 Å². The van der Waals surface area contributed by atoms with Crippen molar-refractivity contribution < 1.29 is 9.90 Å². The van der Waals surface area contributed by atoms with E-state index in [0.29, 0.717) is 5.92 Å². The van der Waals surface area contributed by atoms with E-state index in [1.54, 1.807) is 0 Å². The van der Waals surface area contributed by atoms with Crippen molar-refractivity contribution in [2.45, 2.75) is 58.8 Å². The Hall–Kier alpha value is -1.31. The van der Waals surface area contributed by atoms with Gasteiger partial charge in [-0.25, -0.2) is 0 Å². The highest BCUT2D eigenvalue weighted by molar-refractivity contribution is 5.71. The minimum atomic E-state index is -0.622. The fraction of sp³-hybridized carbons (Fsp3) is 0.611. The number of carbonyl (C=O) groups is 1. The van der Waals surface area contributed by atoms with E-state index in [0.717, 1.165) is 19.3 Å². The van der Waals surface area contributed by atoms with Crippen molar-refractivity contribution in [3.63, 3.8) is 0 Å². The van der Waals surface area contributed by atoms with Gasteiger partial charge in [0.25, 0.3) is 0 Å². The zero-order valence-electron chi connectivity index (χ0n) is 12.9. The molecule has 0 spiro atoms. The lowest BCUT2D eigenvalue weighted by Gasteiger charge is -2.34. The van der Waals surface area contributed by atoms with Crippen molar-refractivity contribution in [3.05, 3.63) is 34.9 Å². The average Bonchev–Trinajstić information content (AvgIpc) is 2.42. The van der Waals surface area contributed by atoms with Crippen LogP contribution in [0.1, 0.15) is 61.6 Å². The second-order valence-electron chi connectivity index (χ2n) is 6.36. The maximum absolute atomic E-state index is 11.6. The molecule has 1 N–H and O–H groups in total. The topological polar surface area (TPSA) is 37.3 Å². The summed E-state index contributed by atoms with van der Waals surface area (Å²) >= 11 is 0. The first-order chi connectivity index (χ1) is 9.52. The van der Waals surface area contributed by atoms with Crippen LogP contribution in [0.5, 0.6) is 0 Å². The standard InChI is InChI=1S/C18H26O2/c1-4-5-14-7-9-16(18(19)20)17(11-14)15-8-6-12(2)13(3)10-15/h6,8,10,14,16-17H,4-5,7,9,11H2,1-3H3,(H,19,20). The van der Waals surface area contributed by atoms with Crippen LogP contribution in [-0.4, -0.2) is 11.1 Å². The van der Waals surface area contributed by atoms with Crippen molar-refractivity contribution in [3.8, 4) is 0 Å². The van der Waals surface area contributed by atoms with Crippen molar-refractivity contribution in [1.82, 2.24) is 0 Å². The number of aryl methyl sites for hydroxylation is 2. The Balaban J connectivity index is 2.26. The van der Waals surface area contributed by atoms with E-state index in [1.807, 2.05) is 0 Å². The van der Waals surface area contributed by atoms with E-state index < -0.39 is 5.97 Å². The molecule has 0 heterocycles. The Kier molecular flexibility index (Phi) is 4.85. The summed E-state index contributed by atoms with van der Waals surface area (Å²) in [6, 6.07) is 6.47. The number of rotatable bonds is 4. The molecule has 0 aliphatic heterocycles. The van der Waals surface area contributed by atoms with E-state index in [1.165, 1.54) is 29.5 Å². The minimum absolute atomic E-state index is 0.192. The highest BCUT2D eigenvalue weighted by Gasteiger charge is 2.35. The molecule has 1 aromatic carbocycles. The number of hydrogen-bond acceptors (Lipinski definition) is 1. The van der Waals surface area contributed by atoms with Crippen molar-refractivity contribution in [1.29, 1.82) is 0 Å². The highest BCUT2D eigenvalue weighted by atomic mass is 16.4. The third kappa shape index (κ3) is 3.23. The van der Waals surface area contributed by atoms with Crippen LogP contribution in [-0.2, 0) is 4.79 Å². The molecule has 1 aliphatic rings. The van der Waals surface area contributed by atoms with Crippen molar-refractivity contribution >= 4 is 5.97 Å². The largest absolute Gasteiger partial charge is 0.481 e. The van der Waals surface area contributed by atoms with Crippen LogP contribution in [0.15, 0.2) is 18.2 Å². The lowest BCUT2D eigenvalue weighted by molar-refractivity contribution is -0.143. The molecule has 1 aliphatic carbocycles. The summed E-state index contributed by atoms with van der Waals surface area (Å²) in [5.74, 6) is 0.0627. The van der Waals surface area contributed by atoms with Gasteiger partial charge in [0.1, 0.15) is 0 Å². The number of carboxylic acids is 1. The second-order valence-corrected chi connectivity index (χ2v) is 6.36. The Morgan fingerprint density at radius 1 is 1.25 bits per heavy atom. The quantitative estimate of drug-likeness (QED) is 0.865. The molecule has 0 amide bonds. The van der Waals surface area contributed by atoms with Gasteiger partial charge in [0.05, 0.1) is 5.92 Å². The summed E-state index contributed by atoms with van der Waals surface area (Å²) in [5, 5.41) is 9.51. The van der Waals surface area contributed by atoms with E-state index in [9.17, 15) is 9.90 Å². The molecule has 110 valence electrons. The molecular formula is C18H26O2. The van der Waals surface area contributed by atoms with Crippen molar-refractivity contribution in [2.75, 3.05) is 0 Å². The molecule has 2 heteroatoms. The van der Waals surface area contributed by atoms with Gasteiger partial charge in [0.2, 0.25) is 0 Å². The maximum Gasteiger partial charge on any atom is 0.307 e. The first kappa shape index (κ1) is 15.1. The van der Waals surface area contributed by atoms with Crippen LogP contribution in [0.2, 0.25) is 0 Å². The fourth-order valence-corrected chi connectivity index (χ4v) is 3.59. The van der Waals surface area contributed by atoms with Crippen LogP contribution in [0.4, 0.5) is 0 Å². The van der Waals surface area contributed by atoms with Gasteiger partial charge in [0.15, 0.2) is 0 Å². The summed E-state index contributed by atoms with van der Waals surface area (Å²) in [4.78, 5) is 11.6. The lowest BCUT2D eigenvalue weighted by Crippen LogP contribution is -2.29. The van der Waals surface area contributed by atoms with Crippen LogP contribution >= 0.6 is 0 Å². The van der Waals surface area contributed by atoms with E-state index in [2.05, 4.69) is 39.0 Å². The molecular weight excluding hydrogens is 248 g/mol. The van der Waals surface area contributed by atoms with Gasteiger partial charge in [-0.1, -0.05) is 38.0 Å². The number of hydrogen-bond donors (Lipinski definition) is 1. The zero-order valence-corrected chi connectivity index (χ0v) is 12.9. The van der Waals surface area contributed by atoms with Crippen LogP contribution in [0.3, 0.4) is 0 Å². The Bertz CT molecular complexity index is 478. The van der Waals surface area contributed by atoms with Gasteiger partial charge in [-0.15, -0.1) is 0 Å². The molecule has 1 aromatic rings. The molecule has 3 atom stereocenters. The molecule has 20 heavy (non-hydrogen) atoms. The van der Waals surface area contributed by atoms with E-state index >= 15 is 0 Å². The number of benzene rings is 1. The third-order valence-electron chi connectivity index (χ3n) is 4.93. The minimum Gasteiger partial charge on any atom is -0.481 e. The Morgan fingerprint density at radius 2 is 2.00 bits per heavy atom. The van der Waals surface area contributed by atoms with Gasteiger partial charge in [-0.05, 0) is 61.6 Å². The average molecular weight is 274 g/mol. The van der Waals surface area contributed by atoms with Gasteiger partial charge < -0.3 is 5.11 Å². The smallest absolute Gasteiger partial charge is 0.307 e. The monoisotopic (exact) mass is 274 g/mol. The highest BCUT2D eigenvalue weighted by Crippen LogP contribution is 2.42. The van der Waals surface area contributed by atoms with E-state index in [-0.39, 0.29) is 11.8 Å². The molecule has 1 saturated carbocycles. The molecule has 0 aromatic heterocycles. The van der Waals surface area contributed by atoms with Crippen LogP contribution in [0, 0.1) is 25.7 Å². The molecule has 2 nitrogen and oxygen atoms in total. The number of carboxylic acid groups (broad SMARTS) is 1. The predicted molar refractivity (Wildman–Crippen MR) is 82.0 cm³/mol. The summed E-state index contributed by atoms with van der Waals surface area (Å²) in [6.45, 7) is 6.43. The second kappa shape index (κ2) is 6.43. The van der Waals surface area contributed by atoms with Gasteiger partial charge in [-0.3, -0.25) is 4.79 Å². The van der Waals surface area contributed by atoms with E-state index in [4.69, 9.17) is 0 Å². The summed E-state index contributed by atoms with van der Waals surface area (Å²) in [7, 11) is 0. The first-order valence-corrected chi connectivity index (χ1v) is 7.82. The molecule has 2 rings (SSSR count). The Labute approximate surface area is 122 Å². The fourth-order valence-electron chi connectivity index (χ4n) is 3.59. The van der Waals surface area contributed by atoms with Gasteiger partial charge in [0, 0.05) is 0 Å². The molecule has 0 bridgehead atoms. The van der Waals surface area contributed by atoms with Gasteiger partial charge >= 0.3 is 5.97 Å². The molecule has 0 radical (unpaired) electrons. The SMILES string of the molecule is CCCC1CCC(C(=O)O)C(c2ccc(C)c(C)c2)C1. The molecule has 3 unspecified atom stereocenters. The van der Waals surface area contributed by atoms with Crippen LogP contribution < -0.4 is 0 Å². The zero-order chi connectivity index (χ0) is 14.7. The first-order valence-electron chi connectivity index (χ1n) is 7.82. The third-order valence-corrected chi connectivity index (χ3v) is 4.93. The molecule has 0 saturated heterocycles. The summed E-state index contributed by atoms with van der Waals surface area (Å²) < 4.78 is 0. The summed E-state index contributed by atoms with van der Waals surface area (Å²) in [5.41, 5.74) is 3.77. The molecule has 1 fully saturated rings. The normalized spacial score (nSPS) is 26.4. The maximum atomic E-state index is 11.6. The predicted octanol–water partition coefficient (Wildman–Crippen LogP) is 4.69. The Morgan fingerprint density at radius 3 is 2.60 bits per heavy atom. The van der Waals surface area contributed by atoms with Crippen molar-refractivity contribution in [2.24, 2.45) is 11.8 Å². The lowest BCUT2D eigenvalue weighted by atomic mass is 9.70. The van der Waals surface area contributed by atoms with Gasteiger partial charge in [-0.2, -0.15) is 0 Å². The number of aliphatic carboxylic acids is 1.